The van der Waals surface area contributed by atoms with Crippen LogP contribution in [0.2, 0.25) is 10.0 Å². The van der Waals surface area contributed by atoms with Gasteiger partial charge in [0.05, 0.1) is 22.4 Å². The molecule has 296 valence electrons. The van der Waals surface area contributed by atoms with Crippen LogP contribution in [0.3, 0.4) is 0 Å². The molecule has 0 fully saturated rings. The van der Waals surface area contributed by atoms with Crippen molar-refractivity contribution in [1.82, 2.24) is 9.97 Å². The number of phenols is 2. The van der Waals surface area contributed by atoms with Gasteiger partial charge in [-0.15, -0.1) is 15.3 Å². The zero-order chi connectivity index (χ0) is 42.1. The maximum absolute atomic E-state index is 14.4. The topological polar surface area (TPSA) is 139 Å². The molecule has 1 aliphatic rings. The zero-order valence-electron chi connectivity index (χ0n) is 32.9. The Morgan fingerprint density at radius 1 is 0.484 bits per heavy atom. The van der Waals surface area contributed by atoms with E-state index in [2.05, 4.69) is 20.2 Å². The van der Waals surface area contributed by atoms with Crippen LogP contribution in [0.15, 0.2) is 142 Å². The van der Waals surface area contributed by atoms with Crippen LogP contribution in [0.1, 0.15) is 27.0 Å². The third-order valence-corrected chi connectivity index (χ3v) is 12.7. The van der Waals surface area contributed by atoms with Gasteiger partial charge in [0.25, 0.3) is 0 Å². The summed E-state index contributed by atoms with van der Waals surface area (Å²) < 4.78 is 0. The number of carbonyl (C=O) groups excluding carboxylic acids is 1. The first kappa shape index (κ1) is 36.3. The average molecular weight is 846 g/mol. The fourth-order valence-electron chi connectivity index (χ4n) is 9.34. The van der Waals surface area contributed by atoms with E-state index in [1.54, 1.807) is 6.07 Å². The van der Waals surface area contributed by atoms with E-state index in [1.165, 1.54) is 0 Å². The number of nitrogens with zero attached hydrogens (tertiary/aromatic N) is 4. The first-order valence-electron chi connectivity index (χ1n) is 19.9. The number of hydrogen-bond acceptors (Lipinski definition) is 7. The summed E-state index contributed by atoms with van der Waals surface area (Å²) in [5.74, 6) is -0.0990. The Labute approximate surface area is 361 Å². The number of rotatable bonds is 4. The average Bonchev–Trinajstić information content (AvgIpc) is 3.83. The van der Waals surface area contributed by atoms with Crippen LogP contribution in [-0.4, -0.2) is 26.0 Å². The summed E-state index contributed by atoms with van der Waals surface area (Å²) in [6.07, 6.45) is 0. The van der Waals surface area contributed by atoms with Gasteiger partial charge >= 0.3 is 0 Å². The van der Waals surface area contributed by atoms with Crippen molar-refractivity contribution in [3.63, 3.8) is 0 Å². The van der Waals surface area contributed by atoms with Crippen LogP contribution < -0.4 is 0 Å². The molecule has 1 aliphatic carbocycles. The van der Waals surface area contributed by atoms with Crippen LogP contribution in [0.4, 0.5) is 22.7 Å². The molecule has 4 N–H and O–H groups in total. The fourth-order valence-corrected chi connectivity index (χ4v) is 9.68. The highest BCUT2D eigenvalue weighted by atomic mass is 35.5. The van der Waals surface area contributed by atoms with Crippen molar-refractivity contribution in [1.29, 1.82) is 0 Å². The van der Waals surface area contributed by atoms with Crippen LogP contribution in [0.5, 0.6) is 11.5 Å². The van der Waals surface area contributed by atoms with Crippen molar-refractivity contribution in [2.45, 2.75) is 13.8 Å². The Morgan fingerprint density at radius 3 is 1.68 bits per heavy atom. The monoisotopic (exact) mass is 844 g/mol. The minimum absolute atomic E-state index is 0.0235. The SMILES string of the molecule is Cc1cc2ccc3c4cc(Cl)ccc4[nH]c3c2c(N=Nc2ccc3c(c2)C(=O)c2cccc4c(N=Nc5c(O)c(C)cc6ccc7c8cc(Cl)ccc8[nH]c7c56)ccc-3c24)c1O. The van der Waals surface area contributed by atoms with Crippen LogP contribution in [-0.2, 0) is 0 Å². The van der Waals surface area contributed by atoms with Crippen LogP contribution in [0.25, 0.3) is 87.1 Å². The molecule has 0 unspecified atom stereocenters. The lowest BCUT2D eigenvalue weighted by molar-refractivity contribution is 0.104. The quantitative estimate of drug-likeness (QED) is 0.131. The lowest BCUT2D eigenvalue weighted by Gasteiger charge is -2.20. The van der Waals surface area contributed by atoms with Crippen molar-refractivity contribution in [3.05, 3.63) is 154 Å². The molecule has 0 saturated carbocycles. The van der Waals surface area contributed by atoms with Crippen molar-refractivity contribution >= 4 is 128 Å². The Morgan fingerprint density at radius 2 is 1.06 bits per heavy atom. The van der Waals surface area contributed by atoms with Gasteiger partial charge in [0, 0.05) is 75.3 Å². The highest BCUT2D eigenvalue weighted by Crippen LogP contribution is 2.48. The van der Waals surface area contributed by atoms with Gasteiger partial charge < -0.3 is 20.2 Å². The number of halogens is 2. The maximum atomic E-state index is 14.4. The molecule has 0 bridgehead atoms. The van der Waals surface area contributed by atoms with Crippen molar-refractivity contribution in [2.24, 2.45) is 20.5 Å². The van der Waals surface area contributed by atoms with Gasteiger partial charge in [-0.2, -0.15) is 5.11 Å². The van der Waals surface area contributed by atoms with E-state index in [-0.39, 0.29) is 17.3 Å². The third-order valence-electron chi connectivity index (χ3n) is 12.3. The Balaban J connectivity index is 0.952. The van der Waals surface area contributed by atoms with E-state index in [0.29, 0.717) is 55.0 Å². The predicted octanol–water partition coefficient (Wildman–Crippen LogP) is 15.8. The van der Waals surface area contributed by atoms with E-state index in [9.17, 15) is 15.0 Å². The maximum Gasteiger partial charge on any atom is 0.194 e. The zero-order valence-corrected chi connectivity index (χ0v) is 34.4. The number of carbonyl (C=O) groups is 1. The third kappa shape index (κ3) is 5.25. The number of ketones is 1. The van der Waals surface area contributed by atoms with Gasteiger partial charge in [-0.05, 0) is 114 Å². The van der Waals surface area contributed by atoms with Gasteiger partial charge in [0.1, 0.15) is 22.9 Å². The molecule has 12 rings (SSSR count). The van der Waals surface area contributed by atoms with Crippen molar-refractivity contribution < 1.29 is 15.0 Å². The van der Waals surface area contributed by atoms with Gasteiger partial charge in [0.15, 0.2) is 5.78 Å². The number of azo groups is 2. The predicted molar refractivity (Wildman–Crippen MR) is 251 cm³/mol. The largest absolute Gasteiger partial charge is 0.505 e. The first-order chi connectivity index (χ1) is 30.1. The summed E-state index contributed by atoms with van der Waals surface area (Å²) in [5, 5.41) is 51.5. The smallest absolute Gasteiger partial charge is 0.194 e. The summed E-state index contributed by atoms with van der Waals surface area (Å²) in [6, 6.07) is 38.3. The van der Waals surface area contributed by atoms with Gasteiger partial charge in [-0.25, -0.2) is 0 Å². The Hall–Kier alpha value is -7.59. The number of benzene rings is 9. The minimum atomic E-state index is -0.157. The summed E-state index contributed by atoms with van der Waals surface area (Å²) in [7, 11) is 0. The molecule has 11 heteroatoms. The molecule has 2 heterocycles. The lowest BCUT2D eigenvalue weighted by Crippen LogP contribution is -2.09. The number of aromatic hydroxyl groups is 2. The van der Waals surface area contributed by atoms with Gasteiger partial charge in [0.2, 0.25) is 0 Å². The summed E-state index contributed by atoms with van der Waals surface area (Å²) in [6.45, 7) is 3.67. The number of aryl methyl sites for hydroxylation is 2. The van der Waals surface area contributed by atoms with Gasteiger partial charge in [-0.1, -0.05) is 77.8 Å². The number of phenolic OH excluding ortho intramolecular Hbond substituents is 2. The molecule has 0 amide bonds. The molecular weight excluding hydrogens is 816 g/mol. The van der Waals surface area contributed by atoms with Crippen molar-refractivity contribution in [2.75, 3.05) is 0 Å². The number of hydrogen-bond donors (Lipinski definition) is 4. The van der Waals surface area contributed by atoms with E-state index >= 15 is 0 Å². The number of fused-ring (bicyclic) bond motifs is 12. The van der Waals surface area contributed by atoms with E-state index in [1.807, 2.05) is 129 Å². The van der Waals surface area contributed by atoms with Crippen LogP contribution in [0, 0.1) is 13.8 Å². The summed E-state index contributed by atoms with van der Waals surface area (Å²) >= 11 is 12.7. The molecule has 0 aliphatic heterocycles. The molecule has 0 saturated heterocycles. The normalized spacial score (nSPS) is 12.9. The molecule has 0 atom stereocenters. The van der Waals surface area contributed by atoms with E-state index in [4.69, 9.17) is 33.4 Å². The number of aromatic nitrogens is 2. The number of aromatic amines is 2. The van der Waals surface area contributed by atoms with Gasteiger partial charge in [-0.3, -0.25) is 4.79 Å². The second-order valence-corrected chi connectivity index (χ2v) is 16.8. The molecular formula is C51H30Cl2N6O3. The fraction of sp³-hybridized carbons (Fsp3) is 0.0392. The molecule has 9 aromatic carbocycles. The lowest BCUT2D eigenvalue weighted by atomic mass is 9.82. The second-order valence-electron chi connectivity index (χ2n) is 15.9. The van der Waals surface area contributed by atoms with Crippen molar-refractivity contribution in [3.8, 4) is 22.6 Å². The first-order valence-corrected chi connectivity index (χ1v) is 20.7. The van der Waals surface area contributed by atoms with E-state index in [0.717, 1.165) is 87.1 Å². The molecule has 2 aromatic heterocycles. The second kappa shape index (κ2) is 13.2. The summed E-state index contributed by atoms with van der Waals surface area (Å²) in [5.41, 5.74) is 9.13. The standard InChI is InChI=1S/C51H30Cl2N6O3/c1-23-18-25-6-11-32-36-20-27(52)8-15-39(36)54-45(32)42(25)47(49(23)60)58-56-29-10-13-30-31-14-17-41(34-4-3-5-35(44(31)34)51(62)38(30)22-29)57-59-48-43-26(19-24(2)50(48)61)7-12-33-37-21-28(53)9-16-40(37)55-46(33)43/h3-22,54-55,60-61H,1-2H3. The Kier molecular flexibility index (Phi) is 7.73. The number of H-pyrrole nitrogens is 2. The number of nitrogens with one attached hydrogen (secondary N) is 2. The highest BCUT2D eigenvalue weighted by molar-refractivity contribution is 6.33. The summed E-state index contributed by atoms with van der Waals surface area (Å²) in [4.78, 5) is 21.4. The molecule has 0 spiro atoms. The minimum Gasteiger partial charge on any atom is -0.505 e. The van der Waals surface area contributed by atoms with Crippen LogP contribution >= 0.6 is 23.2 Å². The Bertz CT molecular complexity index is 3920. The molecule has 11 aromatic rings. The molecule has 9 nitrogen and oxygen atoms in total. The molecule has 0 radical (unpaired) electrons. The highest BCUT2D eigenvalue weighted by Gasteiger charge is 2.27. The van der Waals surface area contributed by atoms with E-state index < -0.39 is 0 Å². The molecule has 62 heavy (non-hydrogen) atoms.